The highest BCUT2D eigenvalue weighted by molar-refractivity contribution is 5.97. The highest BCUT2D eigenvalue weighted by Gasteiger charge is 2.41. The first-order chi connectivity index (χ1) is 9.04. The normalized spacial score (nSPS) is 22.3. The van der Waals surface area contributed by atoms with Gasteiger partial charge < -0.3 is 19.8 Å². The number of aliphatic hydroxyl groups excluding tert-OH is 1. The van der Waals surface area contributed by atoms with Crippen LogP contribution in [0.5, 0.6) is 5.75 Å². The zero-order valence-electron chi connectivity index (χ0n) is 10.4. The van der Waals surface area contributed by atoms with Crippen LogP contribution in [0.1, 0.15) is 16.8 Å². The third-order valence-electron chi connectivity index (χ3n) is 3.22. The minimum atomic E-state index is -1.19. The number of ether oxygens (including phenoxy) is 1. The molecule has 0 aliphatic carbocycles. The molecule has 6 nitrogen and oxygen atoms in total. The summed E-state index contributed by atoms with van der Waals surface area (Å²) in [5, 5.41) is 18.7. The van der Waals surface area contributed by atoms with E-state index in [2.05, 4.69) is 0 Å². The lowest BCUT2D eigenvalue weighted by Gasteiger charge is -2.22. The predicted molar refractivity (Wildman–Crippen MR) is 66.1 cm³/mol. The van der Waals surface area contributed by atoms with E-state index < -0.39 is 24.0 Å². The second-order valence-electron chi connectivity index (χ2n) is 4.37. The van der Waals surface area contributed by atoms with Crippen LogP contribution in [0.3, 0.4) is 0 Å². The van der Waals surface area contributed by atoms with Crippen molar-refractivity contribution in [2.45, 2.75) is 18.6 Å². The van der Waals surface area contributed by atoms with Crippen molar-refractivity contribution in [2.75, 3.05) is 13.7 Å². The van der Waals surface area contributed by atoms with Crippen LogP contribution in [0, 0.1) is 0 Å². The van der Waals surface area contributed by atoms with Crippen LogP contribution in [0.15, 0.2) is 24.3 Å². The monoisotopic (exact) mass is 265 g/mol. The molecule has 0 aromatic heterocycles. The fraction of sp³-hybridized carbons (Fsp3) is 0.385. The maximum Gasteiger partial charge on any atom is 0.329 e. The molecule has 0 spiro atoms. The van der Waals surface area contributed by atoms with Gasteiger partial charge in [-0.25, -0.2) is 4.79 Å². The molecular weight excluding hydrogens is 250 g/mol. The van der Waals surface area contributed by atoms with Gasteiger partial charge >= 0.3 is 5.97 Å². The average molecular weight is 265 g/mol. The largest absolute Gasteiger partial charge is 0.497 e. The Bertz CT molecular complexity index is 484. The molecule has 1 amide bonds. The van der Waals surface area contributed by atoms with Crippen molar-refractivity contribution in [2.24, 2.45) is 0 Å². The van der Waals surface area contributed by atoms with Gasteiger partial charge in [0.25, 0.3) is 5.91 Å². The molecule has 1 aromatic carbocycles. The molecule has 0 radical (unpaired) electrons. The van der Waals surface area contributed by atoms with Crippen LogP contribution in [-0.2, 0) is 4.79 Å². The highest BCUT2D eigenvalue weighted by atomic mass is 16.5. The number of carboxylic acid groups (broad SMARTS) is 1. The van der Waals surface area contributed by atoms with Gasteiger partial charge in [0, 0.05) is 12.1 Å². The minimum absolute atomic E-state index is 0.239. The second-order valence-corrected chi connectivity index (χ2v) is 4.37. The van der Waals surface area contributed by atoms with Gasteiger partial charge in [-0.15, -0.1) is 0 Å². The van der Waals surface area contributed by atoms with Gasteiger partial charge in [-0.1, -0.05) is 0 Å². The summed E-state index contributed by atoms with van der Waals surface area (Å²) in [6.07, 6.45) is -0.738. The summed E-state index contributed by atoms with van der Waals surface area (Å²) in [7, 11) is 1.52. The number of hydrogen-bond donors (Lipinski definition) is 2. The summed E-state index contributed by atoms with van der Waals surface area (Å²) in [5.74, 6) is -0.966. The van der Waals surface area contributed by atoms with Crippen LogP contribution < -0.4 is 4.74 Å². The molecule has 6 heteroatoms. The molecule has 1 aliphatic rings. The SMILES string of the molecule is COc1ccc(C(=O)N2CC[C@@H](O)[C@@H]2C(=O)O)cc1. The molecule has 1 heterocycles. The van der Waals surface area contributed by atoms with Gasteiger partial charge in [0.15, 0.2) is 6.04 Å². The number of carbonyl (C=O) groups is 2. The van der Waals surface area contributed by atoms with Crippen LogP contribution in [-0.4, -0.2) is 52.8 Å². The lowest BCUT2D eigenvalue weighted by atomic mass is 10.1. The Kier molecular flexibility index (Phi) is 3.71. The summed E-state index contributed by atoms with van der Waals surface area (Å²) < 4.78 is 4.99. The van der Waals surface area contributed by atoms with E-state index in [1.165, 1.54) is 12.0 Å². The van der Waals surface area contributed by atoms with Crippen LogP contribution in [0.4, 0.5) is 0 Å². The Balaban J connectivity index is 2.20. The quantitative estimate of drug-likeness (QED) is 0.823. The highest BCUT2D eigenvalue weighted by Crippen LogP contribution is 2.22. The Labute approximate surface area is 110 Å². The Morgan fingerprint density at radius 2 is 1.95 bits per heavy atom. The van der Waals surface area contributed by atoms with Gasteiger partial charge in [-0.3, -0.25) is 4.79 Å². The number of nitrogens with zero attached hydrogens (tertiary/aromatic N) is 1. The van der Waals surface area contributed by atoms with E-state index in [-0.39, 0.29) is 13.0 Å². The number of amides is 1. The molecule has 19 heavy (non-hydrogen) atoms. The van der Waals surface area contributed by atoms with Gasteiger partial charge in [-0.05, 0) is 30.7 Å². The maximum atomic E-state index is 12.2. The molecule has 1 aliphatic heterocycles. The number of benzene rings is 1. The van der Waals surface area contributed by atoms with Crippen molar-refractivity contribution >= 4 is 11.9 Å². The first-order valence-corrected chi connectivity index (χ1v) is 5.90. The third-order valence-corrected chi connectivity index (χ3v) is 3.22. The maximum absolute atomic E-state index is 12.2. The number of methoxy groups -OCH3 is 1. The van der Waals surface area contributed by atoms with Crippen molar-refractivity contribution in [3.63, 3.8) is 0 Å². The molecule has 0 saturated carbocycles. The van der Waals surface area contributed by atoms with Gasteiger partial charge in [0.2, 0.25) is 0 Å². The third kappa shape index (κ3) is 2.53. The number of hydrogen-bond acceptors (Lipinski definition) is 4. The van der Waals surface area contributed by atoms with Crippen molar-refractivity contribution in [3.05, 3.63) is 29.8 Å². The standard InChI is InChI=1S/C13H15NO5/c1-19-9-4-2-8(3-5-9)12(16)14-7-6-10(15)11(14)13(17)18/h2-5,10-11,15H,6-7H2,1H3,(H,17,18)/t10-,11-/m1/s1. The van der Waals surface area contributed by atoms with E-state index in [1.807, 2.05) is 0 Å². The number of carboxylic acids is 1. The molecule has 2 rings (SSSR count). The zero-order chi connectivity index (χ0) is 14.0. The molecule has 1 saturated heterocycles. The van der Waals surface area contributed by atoms with Crippen molar-refractivity contribution < 1.29 is 24.5 Å². The second kappa shape index (κ2) is 5.27. The number of carbonyl (C=O) groups excluding carboxylic acids is 1. The Morgan fingerprint density at radius 1 is 1.32 bits per heavy atom. The molecule has 0 bridgehead atoms. The van der Waals surface area contributed by atoms with Gasteiger partial charge in [-0.2, -0.15) is 0 Å². The van der Waals surface area contributed by atoms with E-state index in [1.54, 1.807) is 24.3 Å². The Morgan fingerprint density at radius 3 is 2.47 bits per heavy atom. The molecule has 2 N–H and O–H groups in total. The summed E-state index contributed by atoms with van der Waals surface area (Å²) in [4.78, 5) is 24.5. The van der Waals surface area contributed by atoms with Crippen molar-refractivity contribution in [1.29, 1.82) is 0 Å². The smallest absolute Gasteiger partial charge is 0.329 e. The molecule has 2 atom stereocenters. The number of rotatable bonds is 3. The fourth-order valence-electron chi connectivity index (χ4n) is 2.20. The summed E-state index contributed by atoms with van der Waals surface area (Å²) in [6, 6.07) is 5.25. The van der Waals surface area contributed by atoms with Gasteiger partial charge in [0.05, 0.1) is 13.2 Å². The van der Waals surface area contributed by atoms with E-state index >= 15 is 0 Å². The van der Waals surface area contributed by atoms with Crippen LogP contribution in [0.25, 0.3) is 0 Å². The first-order valence-electron chi connectivity index (χ1n) is 5.90. The molecule has 1 fully saturated rings. The Hall–Kier alpha value is -2.08. The topological polar surface area (TPSA) is 87.1 Å². The molecule has 102 valence electrons. The summed E-state index contributed by atoms with van der Waals surface area (Å²) in [6.45, 7) is 0.239. The van der Waals surface area contributed by atoms with E-state index in [4.69, 9.17) is 9.84 Å². The molecular formula is C13H15NO5. The molecule has 0 unspecified atom stereocenters. The average Bonchev–Trinajstić information content (AvgIpc) is 2.80. The minimum Gasteiger partial charge on any atom is -0.497 e. The van der Waals surface area contributed by atoms with E-state index in [9.17, 15) is 14.7 Å². The lowest BCUT2D eigenvalue weighted by Crippen LogP contribution is -2.45. The van der Waals surface area contributed by atoms with Crippen LogP contribution in [0.2, 0.25) is 0 Å². The predicted octanol–water partition coefficient (Wildman–Crippen LogP) is 0.355. The van der Waals surface area contributed by atoms with E-state index in [0.717, 1.165) is 0 Å². The number of aliphatic carboxylic acids is 1. The number of likely N-dealkylation sites (tertiary alicyclic amines) is 1. The van der Waals surface area contributed by atoms with Crippen molar-refractivity contribution in [1.82, 2.24) is 4.90 Å². The molecule has 1 aromatic rings. The lowest BCUT2D eigenvalue weighted by molar-refractivity contribution is -0.144. The first kappa shape index (κ1) is 13.4. The zero-order valence-corrected chi connectivity index (χ0v) is 10.4. The van der Waals surface area contributed by atoms with E-state index in [0.29, 0.717) is 11.3 Å². The number of aliphatic hydroxyl groups is 1. The fourth-order valence-corrected chi connectivity index (χ4v) is 2.20. The summed E-state index contributed by atoms with van der Waals surface area (Å²) >= 11 is 0. The summed E-state index contributed by atoms with van der Waals surface area (Å²) in [5.41, 5.74) is 0.376. The van der Waals surface area contributed by atoms with Gasteiger partial charge in [0.1, 0.15) is 5.75 Å². The van der Waals surface area contributed by atoms with Crippen molar-refractivity contribution in [3.8, 4) is 5.75 Å². The van der Waals surface area contributed by atoms with Crippen LogP contribution >= 0.6 is 0 Å².